The minimum Gasteiger partial charge on any atom is -0.446 e. The first-order chi connectivity index (χ1) is 25.9. The van der Waals surface area contributed by atoms with Crippen molar-refractivity contribution in [3.05, 3.63) is 133 Å². The fraction of sp³-hybridized carbons (Fsp3) is 0.250. The van der Waals surface area contributed by atoms with Gasteiger partial charge in [0.25, 0.3) is 5.91 Å². The number of carbonyl (C=O) groups excluding carboxylic acids is 3. The number of hydrogen-bond donors (Lipinski definition) is 3. The number of ether oxygens (including phenoxy) is 1. The van der Waals surface area contributed by atoms with E-state index in [4.69, 9.17) is 4.74 Å². The Morgan fingerprint density at radius 2 is 1.36 bits per heavy atom. The van der Waals surface area contributed by atoms with Crippen LogP contribution in [0.5, 0.6) is 0 Å². The van der Waals surface area contributed by atoms with Gasteiger partial charge in [-0.25, -0.2) is 4.79 Å². The van der Waals surface area contributed by atoms with Crippen molar-refractivity contribution in [2.24, 2.45) is 0 Å². The maximum atomic E-state index is 13.5. The van der Waals surface area contributed by atoms with Crippen LogP contribution in [0.1, 0.15) is 29.6 Å². The lowest BCUT2D eigenvalue weighted by atomic mass is 9.88. The topological polar surface area (TPSA) is 103 Å². The molecule has 272 valence electrons. The van der Waals surface area contributed by atoms with Crippen LogP contribution in [-0.4, -0.2) is 80.6 Å². The summed E-state index contributed by atoms with van der Waals surface area (Å²) >= 11 is 0. The number of nitrogens with zero attached hydrogens (tertiary/aromatic N) is 2. The molecule has 1 fully saturated rings. The zero-order chi connectivity index (χ0) is 37.0. The van der Waals surface area contributed by atoms with Crippen LogP contribution in [0.25, 0.3) is 33.4 Å². The van der Waals surface area contributed by atoms with Gasteiger partial charge in [-0.05, 0) is 72.0 Å². The standard InChI is InChI=1S/C44H47N5O4/c1-45-26-23-41(50)46-35-18-11-17-34(31-35)43(51)48(2)29-30-49-27-24-36(25-28-49)53-44(52)47-40-22-12-21-38(33-15-7-4-8-16-33)42(40)39-20-10-9-19-37(39)32-13-5-3-6-14-32/h3-22,31,36,45H,23-30H2,1-2H3,(H,46,50)(H,47,52). The summed E-state index contributed by atoms with van der Waals surface area (Å²) in [7, 11) is 3.59. The van der Waals surface area contributed by atoms with Gasteiger partial charge in [0.1, 0.15) is 6.10 Å². The number of nitrogens with one attached hydrogen (secondary N) is 3. The molecule has 0 aliphatic carbocycles. The summed E-state index contributed by atoms with van der Waals surface area (Å²) in [5.41, 5.74) is 8.01. The highest BCUT2D eigenvalue weighted by atomic mass is 16.6. The average molecular weight is 710 g/mol. The highest BCUT2D eigenvalue weighted by Gasteiger charge is 2.25. The van der Waals surface area contributed by atoms with Gasteiger partial charge in [-0.15, -0.1) is 0 Å². The Hall–Kier alpha value is -5.77. The van der Waals surface area contributed by atoms with E-state index < -0.39 is 6.09 Å². The van der Waals surface area contributed by atoms with E-state index in [1.54, 1.807) is 43.3 Å². The number of anilines is 2. The first kappa shape index (κ1) is 37.0. The number of amides is 3. The summed E-state index contributed by atoms with van der Waals surface area (Å²) in [5.74, 6) is -0.206. The van der Waals surface area contributed by atoms with Crippen molar-refractivity contribution in [3.8, 4) is 33.4 Å². The third kappa shape index (κ3) is 9.77. The van der Waals surface area contributed by atoms with Crippen LogP contribution in [0.4, 0.5) is 16.2 Å². The van der Waals surface area contributed by atoms with Gasteiger partial charge in [-0.3, -0.25) is 14.9 Å². The lowest BCUT2D eigenvalue weighted by molar-refractivity contribution is -0.116. The molecule has 0 atom stereocenters. The molecular weight excluding hydrogens is 663 g/mol. The van der Waals surface area contributed by atoms with Gasteiger partial charge >= 0.3 is 6.09 Å². The first-order valence-corrected chi connectivity index (χ1v) is 18.2. The van der Waals surface area contributed by atoms with Crippen molar-refractivity contribution in [2.75, 3.05) is 57.5 Å². The van der Waals surface area contributed by atoms with Gasteiger partial charge in [0.2, 0.25) is 5.91 Å². The van der Waals surface area contributed by atoms with Gasteiger partial charge < -0.3 is 25.2 Å². The Labute approximate surface area is 312 Å². The zero-order valence-corrected chi connectivity index (χ0v) is 30.4. The van der Waals surface area contributed by atoms with Crippen molar-refractivity contribution in [1.82, 2.24) is 15.1 Å². The number of piperidine rings is 1. The normalized spacial score (nSPS) is 13.2. The number of carbonyl (C=O) groups is 3. The summed E-state index contributed by atoms with van der Waals surface area (Å²) < 4.78 is 6.00. The van der Waals surface area contributed by atoms with Gasteiger partial charge in [0.15, 0.2) is 0 Å². The van der Waals surface area contributed by atoms with Crippen LogP contribution < -0.4 is 16.0 Å². The largest absolute Gasteiger partial charge is 0.446 e. The number of benzene rings is 5. The monoisotopic (exact) mass is 709 g/mol. The molecule has 0 bridgehead atoms. The van der Waals surface area contributed by atoms with Crippen molar-refractivity contribution < 1.29 is 19.1 Å². The Balaban J connectivity index is 1.06. The summed E-state index contributed by atoms with van der Waals surface area (Å²) in [4.78, 5) is 42.8. The lowest BCUT2D eigenvalue weighted by Gasteiger charge is -2.32. The van der Waals surface area contributed by atoms with E-state index in [1.165, 1.54) is 0 Å². The van der Waals surface area contributed by atoms with Crippen LogP contribution in [0.2, 0.25) is 0 Å². The number of hydrogen-bond acceptors (Lipinski definition) is 6. The maximum Gasteiger partial charge on any atom is 0.411 e. The summed E-state index contributed by atoms with van der Waals surface area (Å²) in [6.45, 7) is 3.35. The third-order valence-electron chi connectivity index (χ3n) is 9.57. The second kappa shape index (κ2) is 18.1. The number of likely N-dealkylation sites (N-methyl/N-ethyl adjacent to an activating group) is 1. The lowest BCUT2D eigenvalue weighted by Crippen LogP contribution is -2.42. The second-order valence-electron chi connectivity index (χ2n) is 13.3. The minimum absolute atomic E-state index is 0.103. The number of likely N-dealkylation sites (tertiary alicyclic amines) is 1. The predicted molar refractivity (Wildman–Crippen MR) is 213 cm³/mol. The van der Waals surface area contributed by atoms with Crippen molar-refractivity contribution >= 4 is 29.3 Å². The molecule has 5 aromatic carbocycles. The van der Waals surface area contributed by atoms with Gasteiger partial charge in [-0.2, -0.15) is 0 Å². The second-order valence-corrected chi connectivity index (χ2v) is 13.3. The molecule has 1 heterocycles. The summed E-state index contributed by atoms with van der Waals surface area (Å²) in [6, 6.07) is 41.8. The summed E-state index contributed by atoms with van der Waals surface area (Å²) in [6.07, 6.45) is 1.07. The van der Waals surface area contributed by atoms with E-state index in [9.17, 15) is 14.4 Å². The van der Waals surface area contributed by atoms with Crippen LogP contribution in [0, 0.1) is 0 Å². The van der Waals surface area contributed by atoms with E-state index >= 15 is 0 Å². The van der Waals surface area contributed by atoms with Gasteiger partial charge in [0, 0.05) is 63.0 Å². The molecule has 9 heteroatoms. The minimum atomic E-state index is -0.474. The van der Waals surface area contributed by atoms with Gasteiger partial charge in [-0.1, -0.05) is 103 Å². The van der Waals surface area contributed by atoms with E-state index in [0.29, 0.717) is 55.8 Å². The molecule has 3 amide bonds. The van der Waals surface area contributed by atoms with Gasteiger partial charge in [0.05, 0.1) is 5.69 Å². The molecule has 1 aliphatic heterocycles. The van der Waals surface area contributed by atoms with Crippen molar-refractivity contribution in [2.45, 2.75) is 25.4 Å². The molecule has 1 saturated heterocycles. The molecule has 9 nitrogen and oxygen atoms in total. The Morgan fingerprint density at radius 3 is 2.06 bits per heavy atom. The molecular formula is C44H47N5O4. The molecule has 0 unspecified atom stereocenters. The molecule has 6 rings (SSSR count). The molecule has 53 heavy (non-hydrogen) atoms. The van der Waals surface area contributed by atoms with Crippen LogP contribution in [-0.2, 0) is 9.53 Å². The highest BCUT2D eigenvalue weighted by Crippen LogP contribution is 2.42. The van der Waals surface area contributed by atoms with E-state index in [0.717, 1.165) is 46.5 Å². The SMILES string of the molecule is CNCCC(=O)Nc1cccc(C(=O)N(C)CCN2CCC(OC(=O)Nc3cccc(-c4ccccc4)c3-c3ccccc3-c3ccccc3)CC2)c1. The Bertz CT molecular complexity index is 1990. The predicted octanol–water partition coefficient (Wildman–Crippen LogP) is 8.02. The molecule has 1 aliphatic rings. The van der Waals surface area contributed by atoms with Crippen LogP contribution in [0.3, 0.4) is 0 Å². The van der Waals surface area contributed by atoms with E-state index in [-0.39, 0.29) is 17.9 Å². The Kier molecular flexibility index (Phi) is 12.7. The van der Waals surface area contributed by atoms with Crippen LogP contribution >= 0.6 is 0 Å². The third-order valence-corrected chi connectivity index (χ3v) is 9.57. The van der Waals surface area contributed by atoms with E-state index in [1.807, 2.05) is 60.7 Å². The molecule has 5 aromatic rings. The van der Waals surface area contributed by atoms with E-state index in [2.05, 4.69) is 63.3 Å². The fourth-order valence-electron chi connectivity index (χ4n) is 6.72. The number of rotatable bonds is 13. The Morgan fingerprint density at radius 1 is 0.736 bits per heavy atom. The molecule has 0 aromatic heterocycles. The van der Waals surface area contributed by atoms with Crippen molar-refractivity contribution in [3.63, 3.8) is 0 Å². The molecule has 0 radical (unpaired) electrons. The molecule has 0 saturated carbocycles. The summed E-state index contributed by atoms with van der Waals surface area (Å²) in [5, 5.41) is 8.92. The fourth-order valence-corrected chi connectivity index (χ4v) is 6.72. The first-order valence-electron chi connectivity index (χ1n) is 18.2. The maximum absolute atomic E-state index is 13.5. The zero-order valence-electron chi connectivity index (χ0n) is 30.4. The smallest absolute Gasteiger partial charge is 0.411 e. The van der Waals surface area contributed by atoms with Crippen molar-refractivity contribution in [1.29, 1.82) is 0 Å². The quantitative estimate of drug-likeness (QED) is 0.115. The highest BCUT2D eigenvalue weighted by molar-refractivity contribution is 6.02. The van der Waals surface area contributed by atoms with Crippen LogP contribution in [0.15, 0.2) is 127 Å². The molecule has 3 N–H and O–H groups in total. The average Bonchev–Trinajstić information content (AvgIpc) is 3.20. The molecule has 0 spiro atoms.